The number of halogens is 1. The van der Waals surface area contributed by atoms with Crippen molar-refractivity contribution in [2.45, 2.75) is 62.0 Å². The van der Waals surface area contributed by atoms with Gasteiger partial charge in [0.15, 0.2) is 4.87 Å². The molecule has 5 rings (SSSR count). The predicted octanol–water partition coefficient (Wildman–Crippen LogP) is 3.37. The minimum absolute atomic E-state index is 0.0760. The summed E-state index contributed by atoms with van der Waals surface area (Å²) < 4.78 is 11.2. The molecule has 160 valence electrons. The molecule has 1 aliphatic carbocycles. The number of methoxy groups -OCH3 is 1. The predicted molar refractivity (Wildman–Crippen MR) is 113 cm³/mol. The van der Waals surface area contributed by atoms with Crippen LogP contribution in [0.3, 0.4) is 0 Å². The largest absolute Gasteiger partial charge is 0.467 e. The Balaban J connectivity index is 1.84. The van der Waals surface area contributed by atoms with Gasteiger partial charge in [0.1, 0.15) is 6.10 Å². The number of nitrogens with zero attached hydrogens (tertiary/aromatic N) is 2. The van der Waals surface area contributed by atoms with Gasteiger partial charge in [-0.2, -0.15) is 0 Å². The standard InChI is InChI=1S/C23H27ClN2O4/c1-4-21-10-7-11-26-12-17(30-14(2)27)23(19(21)26)15-8-5-6-9-16(15)25-18(23)22(24,13-21)20(28)29-3/h5-6,8-9,17,19H,4,7,10-13H2,1-3H3/t17-,19-,21-,22+,23+/m0/s1. The molecule has 1 saturated carbocycles. The number of piperidine rings is 1. The Morgan fingerprint density at radius 2 is 2.10 bits per heavy atom. The Hall–Kier alpha value is -1.92. The molecule has 5 atom stereocenters. The molecule has 3 heterocycles. The first-order valence-corrected chi connectivity index (χ1v) is 11.1. The van der Waals surface area contributed by atoms with Crippen LogP contribution in [0.5, 0.6) is 0 Å². The van der Waals surface area contributed by atoms with Crippen LogP contribution in [0, 0.1) is 5.41 Å². The van der Waals surface area contributed by atoms with E-state index in [1.807, 2.05) is 18.2 Å². The van der Waals surface area contributed by atoms with Crippen LogP contribution in [0.2, 0.25) is 0 Å². The first-order chi connectivity index (χ1) is 14.3. The van der Waals surface area contributed by atoms with Gasteiger partial charge >= 0.3 is 11.9 Å². The van der Waals surface area contributed by atoms with Crippen LogP contribution in [0.25, 0.3) is 0 Å². The second kappa shape index (κ2) is 6.54. The Labute approximate surface area is 181 Å². The van der Waals surface area contributed by atoms with E-state index in [4.69, 9.17) is 26.1 Å². The highest BCUT2D eigenvalue weighted by Crippen LogP contribution is 2.66. The van der Waals surface area contributed by atoms with Gasteiger partial charge in [0.05, 0.1) is 23.9 Å². The molecule has 0 amide bonds. The minimum atomic E-state index is -1.38. The van der Waals surface area contributed by atoms with Gasteiger partial charge in [0.25, 0.3) is 0 Å². The van der Waals surface area contributed by atoms with Gasteiger partial charge in [-0.15, -0.1) is 0 Å². The number of benzene rings is 1. The molecule has 3 aliphatic heterocycles. The number of esters is 2. The molecule has 0 N–H and O–H groups in total. The number of alkyl halides is 1. The van der Waals surface area contributed by atoms with Crippen molar-refractivity contribution in [1.82, 2.24) is 4.90 Å². The fraction of sp³-hybridized carbons (Fsp3) is 0.609. The van der Waals surface area contributed by atoms with E-state index in [0.29, 0.717) is 18.7 Å². The van der Waals surface area contributed by atoms with Crippen molar-refractivity contribution >= 4 is 34.9 Å². The summed E-state index contributed by atoms with van der Waals surface area (Å²) in [5, 5.41) is 0. The van der Waals surface area contributed by atoms with Gasteiger partial charge in [-0.1, -0.05) is 36.7 Å². The number of para-hydroxylation sites is 1. The maximum atomic E-state index is 13.2. The SMILES string of the molecule is CC[C@]12CCCN3C[C@H](OC(C)=O)[C@]4(C(=Nc5ccccc54)[C@@](Cl)(C(=O)OC)C1)[C@@H]32. The highest BCUT2D eigenvalue weighted by molar-refractivity contribution is 6.49. The Morgan fingerprint density at radius 3 is 2.80 bits per heavy atom. The lowest BCUT2D eigenvalue weighted by atomic mass is 9.49. The number of carbonyl (C=O) groups is 2. The highest BCUT2D eigenvalue weighted by atomic mass is 35.5. The Morgan fingerprint density at radius 1 is 1.33 bits per heavy atom. The average Bonchev–Trinajstić information content (AvgIpc) is 3.25. The third-order valence-corrected chi connectivity index (χ3v) is 8.34. The fourth-order valence-electron chi connectivity index (χ4n) is 6.98. The van der Waals surface area contributed by atoms with Crippen molar-refractivity contribution in [2.75, 3.05) is 20.2 Å². The van der Waals surface area contributed by atoms with Crippen LogP contribution in [0.15, 0.2) is 29.3 Å². The lowest BCUT2D eigenvalue weighted by molar-refractivity contribution is -0.148. The van der Waals surface area contributed by atoms with E-state index in [1.165, 1.54) is 14.0 Å². The van der Waals surface area contributed by atoms with Crippen LogP contribution in [0.1, 0.15) is 45.1 Å². The quantitative estimate of drug-likeness (QED) is 0.543. The van der Waals surface area contributed by atoms with E-state index < -0.39 is 22.4 Å². The number of ether oxygens (including phenoxy) is 2. The van der Waals surface area contributed by atoms with Gasteiger partial charge in [-0.3, -0.25) is 14.7 Å². The van der Waals surface area contributed by atoms with Gasteiger partial charge in [-0.05, 0) is 49.3 Å². The van der Waals surface area contributed by atoms with Crippen LogP contribution in [0.4, 0.5) is 5.69 Å². The molecule has 2 saturated heterocycles. The number of carbonyl (C=O) groups excluding carboxylic acids is 2. The summed E-state index contributed by atoms with van der Waals surface area (Å²) >= 11 is 7.23. The molecule has 7 heteroatoms. The highest BCUT2D eigenvalue weighted by Gasteiger charge is 2.76. The molecule has 0 unspecified atom stereocenters. The molecule has 1 spiro atoms. The van der Waals surface area contributed by atoms with Crippen molar-refractivity contribution in [3.8, 4) is 0 Å². The summed E-state index contributed by atoms with van der Waals surface area (Å²) in [6.45, 7) is 5.17. The number of rotatable bonds is 3. The molecule has 0 radical (unpaired) electrons. The summed E-state index contributed by atoms with van der Waals surface area (Å²) in [6.07, 6.45) is 2.90. The van der Waals surface area contributed by atoms with Crippen molar-refractivity contribution in [2.24, 2.45) is 10.4 Å². The zero-order valence-corrected chi connectivity index (χ0v) is 18.4. The van der Waals surface area contributed by atoms with Crippen molar-refractivity contribution < 1.29 is 19.1 Å². The topological polar surface area (TPSA) is 68.2 Å². The number of hydrogen-bond acceptors (Lipinski definition) is 6. The zero-order chi connectivity index (χ0) is 21.3. The van der Waals surface area contributed by atoms with E-state index >= 15 is 0 Å². The van der Waals surface area contributed by atoms with E-state index in [1.54, 1.807) is 0 Å². The molecule has 1 aromatic carbocycles. The van der Waals surface area contributed by atoms with Crippen molar-refractivity contribution in [3.05, 3.63) is 29.8 Å². The third kappa shape index (κ3) is 2.27. The van der Waals surface area contributed by atoms with E-state index in [2.05, 4.69) is 17.9 Å². The number of fused-ring (bicyclic) bond motifs is 1. The average molecular weight is 431 g/mol. The van der Waals surface area contributed by atoms with Crippen LogP contribution < -0.4 is 0 Å². The lowest BCUT2D eigenvalue weighted by Gasteiger charge is -2.59. The van der Waals surface area contributed by atoms with E-state index in [0.717, 1.165) is 37.1 Å². The molecule has 4 aliphatic rings. The maximum absolute atomic E-state index is 13.2. The second-order valence-electron chi connectivity index (χ2n) is 9.13. The maximum Gasteiger partial charge on any atom is 0.332 e. The van der Waals surface area contributed by atoms with Crippen molar-refractivity contribution in [1.29, 1.82) is 0 Å². The summed E-state index contributed by atoms with van der Waals surface area (Å²) in [4.78, 5) is 31.3. The fourth-order valence-corrected chi connectivity index (χ4v) is 7.52. The summed E-state index contributed by atoms with van der Waals surface area (Å²) in [7, 11) is 1.37. The smallest absolute Gasteiger partial charge is 0.332 e. The lowest BCUT2D eigenvalue weighted by Crippen LogP contribution is -2.71. The second-order valence-corrected chi connectivity index (χ2v) is 9.78. The Bertz CT molecular complexity index is 964. The number of hydrogen-bond donors (Lipinski definition) is 0. The van der Waals surface area contributed by atoms with E-state index in [-0.39, 0.29) is 17.4 Å². The van der Waals surface area contributed by atoms with Crippen LogP contribution in [-0.2, 0) is 24.5 Å². The van der Waals surface area contributed by atoms with Crippen LogP contribution >= 0.6 is 11.6 Å². The molecular weight excluding hydrogens is 404 g/mol. The molecule has 30 heavy (non-hydrogen) atoms. The van der Waals surface area contributed by atoms with Crippen LogP contribution in [-0.4, -0.2) is 59.8 Å². The summed E-state index contributed by atoms with van der Waals surface area (Å²) in [5.74, 6) is -0.809. The summed E-state index contributed by atoms with van der Waals surface area (Å²) in [5.41, 5.74) is 1.46. The molecule has 3 fully saturated rings. The zero-order valence-electron chi connectivity index (χ0n) is 17.6. The van der Waals surface area contributed by atoms with E-state index in [9.17, 15) is 9.59 Å². The molecule has 0 aromatic heterocycles. The molecule has 6 nitrogen and oxygen atoms in total. The van der Waals surface area contributed by atoms with Gasteiger partial charge in [-0.25, -0.2) is 4.79 Å². The first-order valence-electron chi connectivity index (χ1n) is 10.7. The van der Waals surface area contributed by atoms with Gasteiger partial charge < -0.3 is 9.47 Å². The third-order valence-electron chi connectivity index (χ3n) is 7.87. The monoisotopic (exact) mass is 430 g/mol. The van der Waals surface area contributed by atoms with Gasteiger partial charge in [0.2, 0.25) is 0 Å². The van der Waals surface area contributed by atoms with Crippen molar-refractivity contribution in [3.63, 3.8) is 0 Å². The molecule has 0 bridgehead atoms. The number of aliphatic imine (C=N–C) groups is 1. The Kier molecular flexibility index (Phi) is 4.36. The molecular formula is C23H27ClN2O4. The normalized spacial score (nSPS) is 38.9. The molecule has 1 aromatic rings. The minimum Gasteiger partial charge on any atom is -0.467 e. The summed E-state index contributed by atoms with van der Waals surface area (Å²) in [6, 6.07) is 8.01. The first kappa shape index (κ1) is 20.0. The van der Waals surface area contributed by atoms with Gasteiger partial charge in [0, 0.05) is 19.5 Å².